The van der Waals surface area contributed by atoms with Gasteiger partial charge in [-0.1, -0.05) is 96.7 Å². The van der Waals surface area contributed by atoms with Crippen molar-refractivity contribution in [2.24, 2.45) is 0 Å². The van der Waals surface area contributed by atoms with Crippen LogP contribution in [0.5, 0.6) is 0 Å². The van der Waals surface area contributed by atoms with Gasteiger partial charge in [0.1, 0.15) is 0 Å². The molecule has 5 heteroatoms. The lowest BCUT2D eigenvalue weighted by Gasteiger charge is -2.39. The van der Waals surface area contributed by atoms with E-state index < -0.39 is 5.41 Å². The SMILES string of the molecule is c1ccc2c(c1)Sc1ccc(-n3c4ccccc4c4cc(-n5c6ccccc6c6ccccc65)ccc43)cc1C21c2cccnc2-c2ncccc21. The van der Waals surface area contributed by atoms with Gasteiger partial charge in [-0.05, 0) is 95.1 Å². The van der Waals surface area contributed by atoms with Crippen LogP contribution in [0.4, 0.5) is 0 Å². The number of pyridine rings is 2. The van der Waals surface area contributed by atoms with E-state index >= 15 is 0 Å². The van der Waals surface area contributed by atoms with Crippen molar-refractivity contribution >= 4 is 55.4 Å². The van der Waals surface area contributed by atoms with Crippen LogP contribution in [0.15, 0.2) is 180 Å². The Morgan fingerprint density at radius 3 is 1.52 bits per heavy atom. The molecule has 4 aromatic heterocycles. The number of nitrogens with zero attached hydrogens (tertiary/aromatic N) is 4. The van der Waals surface area contributed by atoms with Gasteiger partial charge in [-0.2, -0.15) is 0 Å². The predicted octanol–water partition coefficient (Wildman–Crippen LogP) is 11.5. The highest BCUT2D eigenvalue weighted by atomic mass is 32.2. The maximum Gasteiger partial charge on any atom is 0.0937 e. The van der Waals surface area contributed by atoms with E-state index in [2.05, 4.69) is 167 Å². The first kappa shape index (κ1) is 28.3. The molecule has 4 nitrogen and oxygen atoms in total. The fourth-order valence-electron chi connectivity index (χ4n) is 9.27. The molecule has 1 aliphatic carbocycles. The van der Waals surface area contributed by atoms with Crippen LogP contribution < -0.4 is 0 Å². The van der Waals surface area contributed by atoms with E-state index in [0.29, 0.717) is 0 Å². The average Bonchev–Trinajstić information content (AvgIpc) is 3.83. The van der Waals surface area contributed by atoms with Gasteiger partial charge < -0.3 is 9.13 Å². The molecular weight excluding hydrogens is 653 g/mol. The van der Waals surface area contributed by atoms with Gasteiger partial charge in [0, 0.05) is 55.1 Å². The van der Waals surface area contributed by atoms with Crippen LogP contribution in [-0.4, -0.2) is 19.1 Å². The zero-order valence-electron chi connectivity index (χ0n) is 27.9. The Morgan fingerprint density at radius 2 is 0.865 bits per heavy atom. The number of benzene rings is 6. The lowest BCUT2D eigenvalue weighted by molar-refractivity contribution is 0.718. The minimum absolute atomic E-state index is 0.539. The third-order valence-electron chi connectivity index (χ3n) is 11.3. The third-order valence-corrected chi connectivity index (χ3v) is 12.4. The summed E-state index contributed by atoms with van der Waals surface area (Å²) in [6.45, 7) is 0. The molecule has 6 aromatic carbocycles. The monoisotopic (exact) mass is 680 g/mol. The van der Waals surface area contributed by atoms with Gasteiger partial charge in [0.25, 0.3) is 0 Å². The first-order valence-electron chi connectivity index (χ1n) is 17.7. The quantitative estimate of drug-likeness (QED) is 0.182. The maximum absolute atomic E-state index is 4.94. The molecular formula is C47H28N4S. The Labute approximate surface area is 303 Å². The topological polar surface area (TPSA) is 35.6 Å². The number of rotatable bonds is 2. The van der Waals surface area contributed by atoms with E-state index in [-0.39, 0.29) is 0 Å². The van der Waals surface area contributed by atoms with Crippen LogP contribution in [0.2, 0.25) is 0 Å². The van der Waals surface area contributed by atoms with Crippen LogP contribution in [0, 0.1) is 0 Å². The molecule has 0 saturated carbocycles. The summed E-state index contributed by atoms with van der Waals surface area (Å²) in [6.07, 6.45) is 3.78. The minimum atomic E-state index is -0.539. The average molecular weight is 681 g/mol. The van der Waals surface area contributed by atoms with Gasteiger partial charge in [0.2, 0.25) is 0 Å². The molecule has 52 heavy (non-hydrogen) atoms. The van der Waals surface area contributed by atoms with Gasteiger partial charge in [-0.25, -0.2) is 0 Å². The lowest BCUT2D eigenvalue weighted by Crippen LogP contribution is -2.32. The van der Waals surface area contributed by atoms with Crippen molar-refractivity contribution in [2.75, 3.05) is 0 Å². The summed E-state index contributed by atoms with van der Waals surface area (Å²) < 4.78 is 4.85. The van der Waals surface area contributed by atoms with Crippen molar-refractivity contribution < 1.29 is 0 Å². The molecule has 0 unspecified atom stereocenters. The van der Waals surface area contributed by atoms with E-state index in [1.54, 1.807) is 0 Å². The van der Waals surface area contributed by atoms with Crippen LogP contribution in [0.1, 0.15) is 22.3 Å². The molecule has 0 atom stereocenters. The molecule has 5 heterocycles. The predicted molar refractivity (Wildman–Crippen MR) is 212 cm³/mol. The van der Waals surface area contributed by atoms with Gasteiger partial charge in [-0.15, -0.1) is 0 Å². The van der Waals surface area contributed by atoms with Crippen molar-refractivity contribution in [1.82, 2.24) is 19.1 Å². The fourth-order valence-corrected chi connectivity index (χ4v) is 10.4. The van der Waals surface area contributed by atoms with Crippen molar-refractivity contribution in [3.8, 4) is 22.8 Å². The Kier molecular flexibility index (Phi) is 5.61. The highest BCUT2D eigenvalue weighted by molar-refractivity contribution is 7.99. The second-order valence-corrected chi connectivity index (χ2v) is 14.8. The Hall–Kier alpha value is -6.43. The summed E-state index contributed by atoms with van der Waals surface area (Å²) in [5.74, 6) is 0. The summed E-state index contributed by atoms with van der Waals surface area (Å²) in [7, 11) is 0. The highest BCUT2D eigenvalue weighted by Gasteiger charge is 2.51. The molecule has 12 rings (SSSR count). The molecule has 1 spiro atoms. The standard InChI is InChI=1S/C47H28N4S/c1-5-17-39-31(11-1)32-12-2-6-18-40(32)50(39)29-21-23-42-34(27-29)33-13-3-7-19-41(33)51(42)30-22-24-44-38(28-30)47(35-14-4-8-20-43(35)52-44)36-15-9-25-48-45(36)46-37(47)16-10-26-49-46/h1-28H. The van der Waals surface area contributed by atoms with Crippen molar-refractivity contribution in [2.45, 2.75) is 15.2 Å². The Balaban J connectivity index is 1.13. The zero-order valence-corrected chi connectivity index (χ0v) is 28.7. The molecule has 0 fully saturated rings. The van der Waals surface area contributed by atoms with E-state index in [9.17, 15) is 0 Å². The summed E-state index contributed by atoms with van der Waals surface area (Å²) in [5.41, 5.74) is 13.4. The van der Waals surface area contributed by atoms with E-state index in [1.807, 2.05) is 24.2 Å². The van der Waals surface area contributed by atoms with Crippen LogP contribution in [0.25, 0.3) is 66.4 Å². The van der Waals surface area contributed by atoms with E-state index in [1.165, 1.54) is 75.7 Å². The largest absolute Gasteiger partial charge is 0.309 e. The second kappa shape index (κ2) is 10.3. The van der Waals surface area contributed by atoms with Crippen molar-refractivity contribution in [1.29, 1.82) is 0 Å². The molecule has 2 aliphatic rings. The highest BCUT2D eigenvalue weighted by Crippen LogP contribution is 2.61. The Bertz CT molecular complexity index is 3030. The first-order valence-corrected chi connectivity index (χ1v) is 18.5. The summed E-state index contributed by atoms with van der Waals surface area (Å²) in [4.78, 5) is 12.4. The van der Waals surface area contributed by atoms with Crippen molar-refractivity contribution in [3.63, 3.8) is 0 Å². The van der Waals surface area contributed by atoms with Crippen molar-refractivity contribution in [3.05, 3.63) is 192 Å². The van der Waals surface area contributed by atoms with Gasteiger partial charge in [0.15, 0.2) is 0 Å². The number of hydrogen-bond donors (Lipinski definition) is 0. The molecule has 0 radical (unpaired) electrons. The maximum atomic E-state index is 4.94. The molecule has 242 valence electrons. The molecule has 10 aromatic rings. The van der Waals surface area contributed by atoms with Gasteiger partial charge >= 0.3 is 0 Å². The van der Waals surface area contributed by atoms with Crippen LogP contribution in [0.3, 0.4) is 0 Å². The molecule has 1 aliphatic heterocycles. The smallest absolute Gasteiger partial charge is 0.0937 e. The summed E-state index contributed by atoms with van der Waals surface area (Å²) >= 11 is 1.86. The molecule has 0 bridgehead atoms. The third kappa shape index (κ3) is 3.53. The Morgan fingerprint density at radius 1 is 0.385 bits per heavy atom. The first-order chi connectivity index (χ1) is 25.8. The van der Waals surface area contributed by atoms with Gasteiger partial charge in [0.05, 0.1) is 38.9 Å². The van der Waals surface area contributed by atoms with E-state index in [4.69, 9.17) is 9.97 Å². The van der Waals surface area contributed by atoms with E-state index in [0.717, 1.165) is 22.8 Å². The fraction of sp³-hybridized carbons (Fsp3) is 0.0213. The normalized spacial score (nSPS) is 13.8. The number of aromatic nitrogens is 4. The number of hydrogen-bond acceptors (Lipinski definition) is 3. The number of fused-ring (bicyclic) bond motifs is 15. The second-order valence-electron chi connectivity index (χ2n) is 13.8. The molecule has 0 amide bonds. The lowest BCUT2D eigenvalue weighted by atomic mass is 9.67. The summed E-state index contributed by atoms with van der Waals surface area (Å²) in [6, 6.07) is 57.8. The molecule has 0 saturated heterocycles. The van der Waals surface area contributed by atoms with Gasteiger partial charge in [-0.3, -0.25) is 9.97 Å². The molecule has 0 N–H and O–H groups in total. The zero-order chi connectivity index (χ0) is 34.0. The van der Waals surface area contributed by atoms with Crippen LogP contribution >= 0.6 is 11.8 Å². The minimum Gasteiger partial charge on any atom is -0.309 e. The number of para-hydroxylation sites is 3. The van der Waals surface area contributed by atoms with Crippen LogP contribution in [-0.2, 0) is 5.41 Å². The summed E-state index contributed by atoms with van der Waals surface area (Å²) in [5, 5.41) is 5.00.